The first kappa shape index (κ1) is 17.4. The lowest BCUT2D eigenvalue weighted by Gasteiger charge is -2.43. The third-order valence-electron chi connectivity index (χ3n) is 5.75. The van der Waals surface area contributed by atoms with E-state index in [9.17, 15) is 9.90 Å². The van der Waals surface area contributed by atoms with Gasteiger partial charge in [0.2, 0.25) is 0 Å². The quantitative estimate of drug-likeness (QED) is 0.795. The molecule has 2 fully saturated rings. The van der Waals surface area contributed by atoms with Gasteiger partial charge in [-0.15, -0.1) is 0 Å². The molecule has 0 aromatic heterocycles. The molecule has 0 radical (unpaired) electrons. The molecule has 1 amide bonds. The van der Waals surface area contributed by atoms with Gasteiger partial charge in [-0.3, -0.25) is 4.79 Å². The minimum Gasteiger partial charge on any atom is -0.393 e. The Morgan fingerprint density at radius 2 is 1.71 bits per heavy atom. The van der Waals surface area contributed by atoms with Crippen molar-refractivity contribution in [2.45, 2.75) is 58.6 Å². The van der Waals surface area contributed by atoms with Crippen molar-refractivity contribution in [3.05, 3.63) is 34.4 Å². The molecule has 3 rings (SSSR count). The SMILES string of the molecule is Cc1cc(C)c(C(=O)N[C@H](C2CCNCC2)C2CC(O)C2)c(C)c1. The van der Waals surface area contributed by atoms with Gasteiger partial charge in [0.25, 0.3) is 5.91 Å². The Morgan fingerprint density at radius 3 is 2.25 bits per heavy atom. The Labute approximate surface area is 145 Å². The molecular formula is C20H30N2O2. The number of carbonyl (C=O) groups is 1. The first-order valence-electron chi connectivity index (χ1n) is 9.23. The molecule has 24 heavy (non-hydrogen) atoms. The third-order valence-corrected chi connectivity index (χ3v) is 5.75. The first-order valence-corrected chi connectivity index (χ1v) is 9.23. The highest BCUT2D eigenvalue weighted by Crippen LogP contribution is 2.36. The van der Waals surface area contributed by atoms with E-state index < -0.39 is 0 Å². The molecule has 1 heterocycles. The zero-order valence-corrected chi connectivity index (χ0v) is 15.1. The molecule has 1 aromatic rings. The summed E-state index contributed by atoms with van der Waals surface area (Å²) in [6.07, 6.45) is 3.66. The zero-order valence-electron chi connectivity index (χ0n) is 15.1. The molecule has 2 aliphatic rings. The Kier molecular flexibility index (Phi) is 5.26. The summed E-state index contributed by atoms with van der Waals surface area (Å²) in [6.45, 7) is 8.14. The van der Waals surface area contributed by atoms with Crippen LogP contribution in [-0.2, 0) is 0 Å². The molecule has 1 aliphatic carbocycles. The highest BCUT2D eigenvalue weighted by atomic mass is 16.3. The van der Waals surface area contributed by atoms with Crippen molar-refractivity contribution in [1.29, 1.82) is 0 Å². The summed E-state index contributed by atoms with van der Waals surface area (Å²) in [7, 11) is 0. The molecule has 1 saturated heterocycles. The lowest BCUT2D eigenvalue weighted by molar-refractivity contribution is 0.00917. The molecule has 1 atom stereocenters. The summed E-state index contributed by atoms with van der Waals surface area (Å²) in [5, 5.41) is 16.5. The average Bonchev–Trinajstić information content (AvgIpc) is 2.49. The monoisotopic (exact) mass is 330 g/mol. The largest absolute Gasteiger partial charge is 0.393 e. The summed E-state index contributed by atoms with van der Waals surface area (Å²) < 4.78 is 0. The van der Waals surface area contributed by atoms with Gasteiger partial charge in [0, 0.05) is 11.6 Å². The lowest BCUT2D eigenvalue weighted by Crippen LogP contribution is -2.53. The zero-order chi connectivity index (χ0) is 17.3. The Balaban J connectivity index is 1.78. The van der Waals surface area contributed by atoms with Gasteiger partial charge in [0.15, 0.2) is 0 Å². The summed E-state index contributed by atoms with van der Waals surface area (Å²) in [6, 6.07) is 4.34. The fourth-order valence-corrected chi connectivity index (χ4v) is 4.51. The van der Waals surface area contributed by atoms with E-state index in [4.69, 9.17) is 0 Å². The van der Waals surface area contributed by atoms with Crippen LogP contribution in [0, 0.1) is 32.6 Å². The second-order valence-electron chi connectivity index (χ2n) is 7.75. The van der Waals surface area contributed by atoms with E-state index in [1.54, 1.807) is 0 Å². The standard InChI is InChI=1S/C20H30N2O2/c1-12-8-13(2)18(14(3)9-12)20(24)22-19(16-10-17(23)11-16)15-4-6-21-7-5-15/h8-9,15-17,19,21,23H,4-7,10-11H2,1-3H3,(H,22,24)/t16?,17?,19-/m1/s1. The van der Waals surface area contributed by atoms with Gasteiger partial charge in [-0.05, 0) is 82.5 Å². The average molecular weight is 330 g/mol. The minimum absolute atomic E-state index is 0.0509. The number of aryl methyl sites for hydroxylation is 3. The van der Waals surface area contributed by atoms with Gasteiger partial charge in [-0.1, -0.05) is 17.7 Å². The number of nitrogens with one attached hydrogen (secondary N) is 2. The normalized spacial score (nSPS) is 25.8. The van der Waals surface area contributed by atoms with Crippen LogP contribution in [0.25, 0.3) is 0 Å². The summed E-state index contributed by atoms with van der Waals surface area (Å²) >= 11 is 0. The van der Waals surface area contributed by atoms with Crippen LogP contribution >= 0.6 is 0 Å². The summed E-state index contributed by atoms with van der Waals surface area (Å²) in [4.78, 5) is 13.0. The van der Waals surface area contributed by atoms with Gasteiger partial charge in [0.1, 0.15) is 0 Å². The van der Waals surface area contributed by atoms with Crippen molar-refractivity contribution in [3.8, 4) is 0 Å². The number of benzene rings is 1. The van der Waals surface area contributed by atoms with Crippen LogP contribution in [0.2, 0.25) is 0 Å². The second-order valence-corrected chi connectivity index (χ2v) is 7.75. The maximum absolute atomic E-state index is 13.0. The molecule has 1 saturated carbocycles. The van der Waals surface area contributed by atoms with Gasteiger partial charge < -0.3 is 15.7 Å². The van der Waals surface area contributed by atoms with Gasteiger partial charge in [-0.2, -0.15) is 0 Å². The molecule has 132 valence electrons. The predicted octanol–water partition coefficient (Wildman–Crippen LogP) is 2.48. The van der Waals surface area contributed by atoms with Crippen molar-refractivity contribution in [2.24, 2.45) is 11.8 Å². The maximum Gasteiger partial charge on any atom is 0.252 e. The van der Waals surface area contributed by atoms with Gasteiger partial charge >= 0.3 is 0 Å². The number of hydrogen-bond acceptors (Lipinski definition) is 3. The lowest BCUT2D eigenvalue weighted by atomic mass is 9.71. The van der Waals surface area contributed by atoms with Gasteiger partial charge in [-0.25, -0.2) is 0 Å². The van der Waals surface area contributed by atoms with Crippen molar-refractivity contribution in [2.75, 3.05) is 13.1 Å². The van der Waals surface area contributed by atoms with E-state index >= 15 is 0 Å². The van der Waals surface area contributed by atoms with Crippen LogP contribution in [0.3, 0.4) is 0 Å². The van der Waals surface area contributed by atoms with E-state index in [1.807, 2.05) is 13.8 Å². The Hall–Kier alpha value is -1.39. The van der Waals surface area contributed by atoms with Crippen molar-refractivity contribution < 1.29 is 9.90 Å². The van der Waals surface area contributed by atoms with Crippen LogP contribution in [0.5, 0.6) is 0 Å². The maximum atomic E-state index is 13.0. The fourth-order valence-electron chi connectivity index (χ4n) is 4.51. The van der Waals surface area contributed by atoms with Crippen LogP contribution < -0.4 is 10.6 Å². The topological polar surface area (TPSA) is 61.4 Å². The first-order chi connectivity index (χ1) is 11.5. The number of hydrogen-bond donors (Lipinski definition) is 3. The molecule has 1 aliphatic heterocycles. The number of rotatable bonds is 4. The van der Waals surface area contributed by atoms with Crippen molar-refractivity contribution >= 4 is 5.91 Å². The minimum atomic E-state index is -0.182. The van der Waals surface area contributed by atoms with E-state index in [2.05, 4.69) is 29.7 Å². The fraction of sp³-hybridized carbons (Fsp3) is 0.650. The smallest absolute Gasteiger partial charge is 0.252 e. The van der Waals surface area contributed by atoms with E-state index in [1.165, 1.54) is 5.56 Å². The number of aliphatic hydroxyl groups excluding tert-OH is 1. The predicted molar refractivity (Wildman–Crippen MR) is 96.2 cm³/mol. The number of carbonyl (C=O) groups excluding carboxylic acids is 1. The van der Waals surface area contributed by atoms with Crippen molar-refractivity contribution in [3.63, 3.8) is 0 Å². The highest BCUT2D eigenvalue weighted by molar-refractivity contribution is 5.97. The van der Waals surface area contributed by atoms with Crippen LogP contribution in [0.15, 0.2) is 12.1 Å². The Morgan fingerprint density at radius 1 is 1.12 bits per heavy atom. The molecular weight excluding hydrogens is 300 g/mol. The van der Waals surface area contributed by atoms with Crippen LogP contribution in [0.4, 0.5) is 0 Å². The van der Waals surface area contributed by atoms with Gasteiger partial charge in [0.05, 0.1) is 6.10 Å². The number of piperidine rings is 1. The Bertz CT molecular complexity index is 579. The third kappa shape index (κ3) is 3.65. The van der Waals surface area contributed by atoms with Crippen LogP contribution in [-0.4, -0.2) is 36.2 Å². The van der Waals surface area contributed by atoms with E-state index in [-0.39, 0.29) is 18.1 Å². The summed E-state index contributed by atoms with van der Waals surface area (Å²) in [5.41, 5.74) is 4.10. The van der Waals surface area contributed by atoms with E-state index in [0.717, 1.165) is 55.5 Å². The number of amides is 1. The molecule has 1 aromatic carbocycles. The highest BCUT2D eigenvalue weighted by Gasteiger charge is 2.39. The number of aliphatic hydroxyl groups is 1. The molecule has 0 bridgehead atoms. The second kappa shape index (κ2) is 7.24. The molecule has 4 heteroatoms. The van der Waals surface area contributed by atoms with E-state index in [0.29, 0.717) is 11.8 Å². The molecule has 4 nitrogen and oxygen atoms in total. The van der Waals surface area contributed by atoms with Crippen molar-refractivity contribution in [1.82, 2.24) is 10.6 Å². The molecule has 0 spiro atoms. The van der Waals surface area contributed by atoms with Crippen LogP contribution in [0.1, 0.15) is 52.7 Å². The molecule has 0 unspecified atom stereocenters. The molecule has 3 N–H and O–H groups in total. The summed E-state index contributed by atoms with van der Waals surface area (Å²) in [5.74, 6) is 0.979.